The van der Waals surface area contributed by atoms with Gasteiger partial charge in [0.1, 0.15) is 5.69 Å². The number of benzene rings is 1. The van der Waals surface area contributed by atoms with Crippen molar-refractivity contribution in [2.24, 2.45) is 0 Å². The van der Waals surface area contributed by atoms with Gasteiger partial charge >= 0.3 is 0 Å². The Morgan fingerprint density at radius 3 is 2.71 bits per heavy atom. The van der Waals surface area contributed by atoms with Crippen molar-refractivity contribution in [1.82, 2.24) is 15.1 Å². The summed E-state index contributed by atoms with van der Waals surface area (Å²) >= 11 is 6.29. The number of rotatable bonds is 6. The van der Waals surface area contributed by atoms with Crippen molar-refractivity contribution in [3.05, 3.63) is 46.2 Å². The molecule has 1 aromatic carbocycles. The summed E-state index contributed by atoms with van der Waals surface area (Å²) in [5, 5.41) is 8.67. The van der Waals surface area contributed by atoms with Crippen LogP contribution in [0.1, 0.15) is 36.7 Å². The van der Waals surface area contributed by atoms with Crippen LogP contribution in [-0.4, -0.2) is 23.4 Å². The molecule has 0 aliphatic heterocycles. The normalized spacial score (nSPS) is 12.4. The van der Waals surface area contributed by atoms with E-state index in [0.717, 1.165) is 40.7 Å². The summed E-state index contributed by atoms with van der Waals surface area (Å²) in [6, 6.07) is 6.16. The van der Waals surface area contributed by atoms with Crippen LogP contribution < -0.4 is 10.1 Å². The summed E-state index contributed by atoms with van der Waals surface area (Å²) in [6.45, 7) is 7.79. The van der Waals surface area contributed by atoms with E-state index >= 15 is 0 Å². The number of methoxy groups -OCH3 is 1. The van der Waals surface area contributed by atoms with Crippen molar-refractivity contribution in [3.8, 4) is 5.75 Å². The molecule has 114 valence electrons. The number of halogens is 1. The Morgan fingerprint density at radius 2 is 2.14 bits per heavy atom. The molecule has 0 radical (unpaired) electrons. The third kappa shape index (κ3) is 3.22. The van der Waals surface area contributed by atoms with Crippen molar-refractivity contribution in [2.45, 2.75) is 33.4 Å². The monoisotopic (exact) mass is 307 g/mol. The lowest BCUT2D eigenvalue weighted by atomic mass is 10.0. The fourth-order valence-electron chi connectivity index (χ4n) is 2.44. The Labute approximate surface area is 131 Å². The van der Waals surface area contributed by atoms with Crippen molar-refractivity contribution in [2.75, 3.05) is 13.7 Å². The van der Waals surface area contributed by atoms with E-state index < -0.39 is 0 Å². The highest BCUT2D eigenvalue weighted by Crippen LogP contribution is 2.31. The zero-order valence-electron chi connectivity index (χ0n) is 13.0. The lowest BCUT2D eigenvalue weighted by Gasteiger charge is -2.21. The van der Waals surface area contributed by atoms with Gasteiger partial charge in [-0.2, -0.15) is 5.10 Å². The van der Waals surface area contributed by atoms with Gasteiger partial charge in [0.25, 0.3) is 0 Å². The number of nitrogens with zero attached hydrogens (tertiary/aromatic N) is 2. The van der Waals surface area contributed by atoms with Gasteiger partial charge in [0.15, 0.2) is 5.75 Å². The Kier molecular flexibility index (Phi) is 5.26. The van der Waals surface area contributed by atoms with Crippen molar-refractivity contribution >= 4 is 11.6 Å². The minimum absolute atomic E-state index is 0.00509. The third-order valence-corrected chi connectivity index (χ3v) is 3.98. The van der Waals surface area contributed by atoms with Crippen LogP contribution in [0.15, 0.2) is 24.4 Å². The van der Waals surface area contributed by atoms with E-state index in [1.54, 1.807) is 13.3 Å². The maximum Gasteiger partial charge on any atom is 0.161 e. The molecule has 0 spiro atoms. The molecule has 5 heteroatoms. The molecule has 0 fully saturated rings. The highest BCUT2D eigenvalue weighted by Gasteiger charge is 2.23. The van der Waals surface area contributed by atoms with Gasteiger partial charge in [0, 0.05) is 11.6 Å². The second-order valence-electron chi connectivity index (χ2n) is 4.91. The molecule has 21 heavy (non-hydrogen) atoms. The Hall–Kier alpha value is -1.52. The maximum absolute atomic E-state index is 6.29. The summed E-state index contributed by atoms with van der Waals surface area (Å²) in [4.78, 5) is 0. The number of ether oxygens (including phenoxy) is 1. The first-order valence-electron chi connectivity index (χ1n) is 7.21. The fraction of sp³-hybridized carbons (Fsp3) is 0.438. The maximum atomic E-state index is 6.29. The van der Waals surface area contributed by atoms with Crippen LogP contribution in [0, 0.1) is 6.92 Å². The van der Waals surface area contributed by atoms with Gasteiger partial charge < -0.3 is 10.1 Å². The minimum Gasteiger partial charge on any atom is -0.493 e. The molecule has 0 bridgehead atoms. The van der Waals surface area contributed by atoms with Gasteiger partial charge in [-0.05, 0) is 37.6 Å². The lowest BCUT2D eigenvalue weighted by Crippen LogP contribution is -2.25. The second-order valence-corrected chi connectivity index (χ2v) is 5.32. The molecule has 1 atom stereocenters. The van der Waals surface area contributed by atoms with Gasteiger partial charge in [0.2, 0.25) is 0 Å². The standard InChI is InChI=1S/C16H22ClN3O/c1-5-18-15(12-8-7-11(3)13(17)9-12)16-14(21-4)10-19-20(16)6-2/h7-10,15,18H,5-6H2,1-4H3. The van der Waals surface area contributed by atoms with E-state index in [-0.39, 0.29) is 6.04 Å². The predicted octanol–water partition coefficient (Wildman–Crippen LogP) is 3.57. The predicted molar refractivity (Wildman–Crippen MR) is 86.2 cm³/mol. The largest absolute Gasteiger partial charge is 0.493 e. The molecular weight excluding hydrogens is 286 g/mol. The van der Waals surface area contributed by atoms with E-state index in [0.29, 0.717) is 0 Å². The molecular formula is C16H22ClN3O. The van der Waals surface area contributed by atoms with E-state index in [1.165, 1.54) is 0 Å². The molecule has 2 aromatic rings. The number of nitrogens with one attached hydrogen (secondary N) is 1. The first kappa shape index (κ1) is 15.9. The molecule has 1 unspecified atom stereocenters. The first-order valence-corrected chi connectivity index (χ1v) is 7.59. The summed E-state index contributed by atoms with van der Waals surface area (Å²) in [6.07, 6.45) is 1.76. The third-order valence-electron chi connectivity index (χ3n) is 3.58. The molecule has 2 rings (SSSR count). The average Bonchev–Trinajstić information content (AvgIpc) is 2.90. The summed E-state index contributed by atoms with van der Waals surface area (Å²) in [5.41, 5.74) is 3.22. The zero-order valence-corrected chi connectivity index (χ0v) is 13.7. The summed E-state index contributed by atoms with van der Waals surface area (Å²) in [7, 11) is 1.67. The minimum atomic E-state index is 0.00509. The molecule has 0 amide bonds. The summed E-state index contributed by atoms with van der Waals surface area (Å²) < 4.78 is 7.43. The number of aryl methyl sites for hydroxylation is 2. The van der Waals surface area contributed by atoms with E-state index in [2.05, 4.69) is 30.3 Å². The zero-order chi connectivity index (χ0) is 15.4. The SMILES string of the molecule is CCNC(c1ccc(C)c(Cl)c1)c1c(OC)cnn1CC. The second kappa shape index (κ2) is 6.96. The highest BCUT2D eigenvalue weighted by molar-refractivity contribution is 6.31. The van der Waals surface area contributed by atoms with Gasteiger partial charge in [-0.3, -0.25) is 4.68 Å². The molecule has 0 saturated heterocycles. The van der Waals surface area contributed by atoms with Crippen LogP contribution >= 0.6 is 11.6 Å². The van der Waals surface area contributed by atoms with Crippen LogP contribution in [0.4, 0.5) is 0 Å². The summed E-state index contributed by atoms with van der Waals surface area (Å²) in [5.74, 6) is 0.791. The molecule has 0 aliphatic rings. The van der Waals surface area contributed by atoms with Crippen LogP contribution in [0.25, 0.3) is 0 Å². The Balaban J connectivity index is 2.52. The topological polar surface area (TPSA) is 39.1 Å². The molecule has 1 heterocycles. The Morgan fingerprint density at radius 1 is 1.38 bits per heavy atom. The van der Waals surface area contributed by atoms with E-state index in [1.807, 2.05) is 23.7 Å². The molecule has 0 saturated carbocycles. The van der Waals surface area contributed by atoms with Crippen LogP contribution in [0.3, 0.4) is 0 Å². The number of hydrogen-bond acceptors (Lipinski definition) is 3. The Bertz CT molecular complexity index is 588. The molecule has 4 nitrogen and oxygen atoms in total. The average molecular weight is 308 g/mol. The quantitative estimate of drug-likeness (QED) is 0.886. The smallest absolute Gasteiger partial charge is 0.161 e. The van der Waals surface area contributed by atoms with Gasteiger partial charge in [-0.15, -0.1) is 0 Å². The number of hydrogen-bond donors (Lipinski definition) is 1. The van der Waals surface area contributed by atoms with Gasteiger partial charge in [-0.1, -0.05) is 30.7 Å². The van der Waals surface area contributed by atoms with Crippen molar-refractivity contribution in [1.29, 1.82) is 0 Å². The molecule has 0 aliphatic carbocycles. The number of aromatic nitrogens is 2. The first-order chi connectivity index (χ1) is 10.1. The van der Waals surface area contributed by atoms with E-state index in [9.17, 15) is 0 Å². The van der Waals surface area contributed by atoms with Gasteiger partial charge in [-0.25, -0.2) is 0 Å². The van der Waals surface area contributed by atoms with Crippen LogP contribution in [0.2, 0.25) is 5.02 Å². The highest BCUT2D eigenvalue weighted by atomic mass is 35.5. The van der Waals surface area contributed by atoms with Crippen LogP contribution in [0.5, 0.6) is 5.75 Å². The fourth-order valence-corrected chi connectivity index (χ4v) is 2.63. The molecule has 1 aromatic heterocycles. The van der Waals surface area contributed by atoms with Crippen molar-refractivity contribution < 1.29 is 4.74 Å². The van der Waals surface area contributed by atoms with Crippen molar-refractivity contribution in [3.63, 3.8) is 0 Å². The van der Waals surface area contributed by atoms with E-state index in [4.69, 9.17) is 16.3 Å². The van der Waals surface area contributed by atoms with Crippen LogP contribution in [-0.2, 0) is 6.54 Å². The van der Waals surface area contributed by atoms with Gasteiger partial charge in [0.05, 0.1) is 19.3 Å². The molecule has 1 N–H and O–H groups in total. The lowest BCUT2D eigenvalue weighted by molar-refractivity contribution is 0.399.